The van der Waals surface area contributed by atoms with E-state index in [1.54, 1.807) is 0 Å². The van der Waals surface area contributed by atoms with Gasteiger partial charge in [0, 0.05) is 18.5 Å². The zero-order chi connectivity index (χ0) is 19.0. The number of carbonyl (C=O) groups excluding carboxylic acids is 1. The van der Waals surface area contributed by atoms with Gasteiger partial charge in [0.05, 0.1) is 15.9 Å². The van der Waals surface area contributed by atoms with Crippen molar-refractivity contribution >= 4 is 15.7 Å². The van der Waals surface area contributed by atoms with E-state index in [0.717, 1.165) is 38.6 Å². The number of terminal acetylenes is 1. The lowest BCUT2D eigenvalue weighted by Gasteiger charge is -2.51. The lowest BCUT2D eigenvalue weighted by molar-refractivity contribution is -0.136. The molecule has 0 aromatic rings. The normalized spacial score (nSPS) is 34.5. The SMILES string of the molecule is C#CCC1(C(=O)NC2CCS(=O)(=O)C3(CC(CNC(C)C)C3)C2)CCC1. The topological polar surface area (TPSA) is 75.3 Å². The number of sulfone groups is 1. The molecule has 146 valence electrons. The highest BCUT2D eigenvalue weighted by atomic mass is 32.2. The van der Waals surface area contributed by atoms with E-state index < -0.39 is 20.0 Å². The molecule has 1 aliphatic heterocycles. The van der Waals surface area contributed by atoms with E-state index in [2.05, 4.69) is 30.4 Å². The molecule has 3 fully saturated rings. The van der Waals surface area contributed by atoms with E-state index >= 15 is 0 Å². The number of hydrogen-bond acceptors (Lipinski definition) is 4. The second-order valence-electron chi connectivity index (χ2n) is 9.02. The molecular formula is C20H32N2O3S. The Morgan fingerprint density at radius 3 is 2.50 bits per heavy atom. The van der Waals surface area contributed by atoms with Crippen LogP contribution in [0.25, 0.3) is 0 Å². The minimum atomic E-state index is -3.08. The Kier molecular flexibility index (Phi) is 5.43. The van der Waals surface area contributed by atoms with Gasteiger partial charge in [-0.2, -0.15) is 0 Å². The zero-order valence-corrected chi connectivity index (χ0v) is 16.8. The first kappa shape index (κ1) is 19.7. The molecule has 1 amide bonds. The molecule has 1 atom stereocenters. The maximum absolute atomic E-state index is 12.8. The summed E-state index contributed by atoms with van der Waals surface area (Å²) in [4.78, 5) is 12.8. The predicted molar refractivity (Wildman–Crippen MR) is 103 cm³/mol. The summed E-state index contributed by atoms with van der Waals surface area (Å²) < 4.78 is 24.8. The van der Waals surface area contributed by atoms with Crippen molar-refractivity contribution < 1.29 is 13.2 Å². The molecule has 3 aliphatic rings. The number of amides is 1. The number of nitrogens with one attached hydrogen (secondary N) is 2. The van der Waals surface area contributed by atoms with Crippen molar-refractivity contribution in [2.75, 3.05) is 12.3 Å². The highest BCUT2D eigenvalue weighted by Crippen LogP contribution is 2.50. The summed E-state index contributed by atoms with van der Waals surface area (Å²) in [5, 5.41) is 6.56. The highest BCUT2D eigenvalue weighted by Gasteiger charge is 2.56. The average molecular weight is 381 g/mol. The van der Waals surface area contributed by atoms with Crippen LogP contribution in [0.2, 0.25) is 0 Å². The maximum atomic E-state index is 12.8. The van der Waals surface area contributed by atoms with E-state index in [1.165, 1.54) is 0 Å². The van der Waals surface area contributed by atoms with Gasteiger partial charge >= 0.3 is 0 Å². The van der Waals surface area contributed by atoms with Crippen molar-refractivity contribution in [3.05, 3.63) is 0 Å². The zero-order valence-electron chi connectivity index (χ0n) is 16.0. The summed E-state index contributed by atoms with van der Waals surface area (Å²) in [7, 11) is -3.08. The molecule has 26 heavy (non-hydrogen) atoms. The van der Waals surface area contributed by atoms with E-state index in [0.29, 0.717) is 31.2 Å². The predicted octanol–water partition coefficient (Wildman–Crippen LogP) is 2.02. The van der Waals surface area contributed by atoms with Crippen LogP contribution in [0.1, 0.15) is 65.2 Å². The fourth-order valence-electron chi connectivity index (χ4n) is 4.90. The van der Waals surface area contributed by atoms with Gasteiger partial charge in [-0.05, 0) is 51.0 Å². The molecule has 3 rings (SSSR count). The first-order chi connectivity index (χ1) is 12.2. The van der Waals surface area contributed by atoms with Gasteiger partial charge in [0.2, 0.25) is 5.91 Å². The smallest absolute Gasteiger partial charge is 0.227 e. The standard InChI is InChI=1S/C20H32N2O3S/c1-4-7-19(8-5-9-19)18(23)22-17-6-10-26(24,25)20(13-17)11-16(12-20)14-21-15(2)3/h1,15-17,21H,5-14H2,2-3H3,(H,22,23). The van der Waals surface area contributed by atoms with Gasteiger partial charge < -0.3 is 10.6 Å². The summed E-state index contributed by atoms with van der Waals surface area (Å²) in [6, 6.07) is 0.372. The number of hydrogen-bond donors (Lipinski definition) is 2. The molecule has 2 aliphatic carbocycles. The molecule has 0 aromatic carbocycles. The molecule has 2 N–H and O–H groups in total. The lowest BCUT2D eigenvalue weighted by atomic mass is 9.65. The summed E-state index contributed by atoms with van der Waals surface area (Å²) >= 11 is 0. The second kappa shape index (κ2) is 7.16. The Bertz CT molecular complexity index is 682. The first-order valence-corrected chi connectivity index (χ1v) is 11.6. The van der Waals surface area contributed by atoms with Crippen molar-refractivity contribution in [1.82, 2.24) is 10.6 Å². The van der Waals surface area contributed by atoms with Crippen LogP contribution in [-0.4, -0.2) is 43.5 Å². The van der Waals surface area contributed by atoms with E-state index in [9.17, 15) is 13.2 Å². The lowest BCUT2D eigenvalue weighted by Crippen LogP contribution is -2.61. The molecule has 1 saturated heterocycles. The highest BCUT2D eigenvalue weighted by molar-refractivity contribution is 7.92. The van der Waals surface area contributed by atoms with Crippen molar-refractivity contribution in [3.63, 3.8) is 0 Å². The quantitative estimate of drug-likeness (QED) is 0.692. The monoisotopic (exact) mass is 380 g/mol. The molecule has 0 bridgehead atoms. The van der Waals surface area contributed by atoms with Crippen molar-refractivity contribution in [3.8, 4) is 12.3 Å². The van der Waals surface area contributed by atoms with Gasteiger partial charge in [-0.25, -0.2) is 8.42 Å². The fourth-order valence-corrected chi connectivity index (χ4v) is 7.36. The van der Waals surface area contributed by atoms with Crippen molar-refractivity contribution in [2.24, 2.45) is 11.3 Å². The summed E-state index contributed by atoms with van der Waals surface area (Å²) in [5.74, 6) is 3.29. The minimum absolute atomic E-state index is 0.0403. The molecule has 0 aromatic heterocycles. The van der Waals surface area contributed by atoms with Crippen LogP contribution in [0.3, 0.4) is 0 Å². The molecule has 2 saturated carbocycles. The maximum Gasteiger partial charge on any atom is 0.227 e. The fraction of sp³-hybridized carbons (Fsp3) is 0.850. The third-order valence-electron chi connectivity index (χ3n) is 6.72. The minimum Gasteiger partial charge on any atom is -0.353 e. The van der Waals surface area contributed by atoms with E-state index in [4.69, 9.17) is 6.42 Å². The Labute approximate surface area is 158 Å². The third-order valence-corrected chi connectivity index (χ3v) is 9.31. The Hall–Kier alpha value is -1.06. The third kappa shape index (κ3) is 3.53. The van der Waals surface area contributed by atoms with E-state index in [1.807, 2.05) is 0 Å². The van der Waals surface area contributed by atoms with Crippen molar-refractivity contribution in [1.29, 1.82) is 0 Å². The Balaban J connectivity index is 1.60. The first-order valence-electron chi connectivity index (χ1n) is 9.92. The van der Waals surface area contributed by atoms with Crippen LogP contribution in [0, 0.1) is 23.7 Å². The summed E-state index contributed by atoms with van der Waals surface area (Å²) in [5.41, 5.74) is -0.401. The number of rotatable bonds is 6. The Morgan fingerprint density at radius 1 is 1.27 bits per heavy atom. The van der Waals surface area contributed by atoms with Gasteiger partial charge in [0.1, 0.15) is 0 Å². The number of carbonyl (C=O) groups is 1. The van der Waals surface area contributed by atoms with Gasteiger partial charge in [-0.3, -0.25) is 4.79 Å². The van der Waals surface area contributed by atoms with Crippen LogP contribution in [0.4, 0.5) is 0 Å². The molecule has 0 radical (unpaired) electrons. The average Bonchev–Trinajstić information content (AvgIpc) is 2.48. The van der Waals surface area contributed by atoms with Gasteiger partial charge in [0.25, 0.3) is 0 Å². The van der Waals surface area contributed by atoms with Crippen LogP contribution in [0.5, 0.6) is 0 Å². The molecule has 5 nitrogen and oxygen atoms in total. The van der Waals surface area contributed by atoms with Crippen LogP contribution >= 0.6 is 0 Å². The van der Waals surface area contributed by atoms with Gasteiger partial charge in [-0.1, -0.05) is 20.3 Å². The van der Waals surface area contributed by atoms with Crippen LogP contribution in [-0.2, 0) is 14.6 Å². The van der Waals surface area contributed by atoms with Crippen molar-refractivity contribution in [2.45, 2.75) is 82.0 Å². The van der Waals surface area contributed by atoms with E-state index in [-0.39, 0.29) is 17.7 Å². The summed E-state index contributed by atoms with van der Waals surface area (Å²) in [6.07, 6.45) is 11.2. The molecule has 6 heteroatoms. The van der Waals surface area contributed by atoms with Gasteiger partial charge in [-0.15, -0.1) is 12.3 Å². The Morgan fingerprint density at radius 2 is 1.96 bits per heavy atom. The molecule has 1 heterocycles. The van der Waals surface area contributed by atoms with Crippen LogP contribution < -0.4 is 10.6 Å². The van der Waals surface area contributed by atoms with Crippen LogP contribution in [0.15, 0.2) is 0 Å². The molecule has 1 spiro atoms. The molecule has 1 unspecified atom stereocenters. The largest absolute Gasteiger partial charge is 0.353 e. The van der Waals surface area contributed by atoms with Gasteiger partial charge in [0.15, 0.2) is 9.84 Å². The second-order valence-corrected chi connectivity index (χ2v) is 11.5. The molecular weight excluding hydrogens is 348 g/mol. The summed E-state index contributed by atoms with van der Waals surface area (Å²) in [6.45, 7) is 5.07.